The smallest absolute Gasteiger partial charge is 0.143 e. The lowest BCUT2D eigenvalue weighted by Crippen LogP contribution is -2.21. The lowest BCUT2D eigenvalue weighted by Gasteiger charge is -2.22. The predicted octanol–water partition coefficient (Wildman–Crippen LogP) is 3.29. The first kappa shape index (κ1) is 12.6. The van der Waals surface area contributed by atoms with Gasteiger partial charge in [-0.05, 0) is 39.9 Å². The van der Waals surface area contributed by atoms with Crippen LogP contribution in [0.3, 0.4) is 0 Å². The molecule has 1 aromatic carbocycles. The number of halogens is 3. The first-order chi connectivity index (χ1) is 6.87. The second kappa shape index (κ2) is 4.58. The number of hydrogen-bond acceptors (Lipinski definition) is 1. The highest BCUT2D eigenvalue weighted by Crippen LogP contribution is 2.28. The third-order valence-corrected chi connectivity index (χ3v) is 2.83. The Morgan fingerprint density at radius 2 is 1.93 bits per heavy atom. The molecule has 1 aromatic rings. The zero-order valence-corrected chi connectivity index (χ0v) is 10.2. The van der Waals surface area contributed by atoms with E-state index >= 15 is 0 Å². The summed E-state index contributed by atoms with van der Waals surface area (Å²) in [5, 5.41) is 9.05. The normalized spacial score (nSPS) is 11.9. The average Bonchev–Trinajstić information content (AvgIpc) is 2.19. The van der Waals surface area contributed by atoms with Gasteiger partial charge in [0.15, 0.2) is 0 Å². The fraction of sp³-hybridized carbons (Fsp3) is 0.455. The van der Waals surface area contributed by atoms with Crippen LogP contribution in [-0.2, 0) is 6.42 Å². The topological polar surface area (TPSA) is 20.2 Å². The molecular formula is C11H13BrF2O. The van der Waals surface area contributed by atoms with Crippen molar-refractivity contribution in [3.05, 3.63) is 33.8 Å². The standard InChI is InChI=1S/C11H13BrF2O/c1-11(2,6-15)5-7-9(13)4-3-8(12)10(7)14/h3-4,15H,5-6H2,1-2H3. The molecule has 0 fully saturated rings. The van der Waals surface area contributed by atoms with E-state index in [0.717, 1.165) is 0 Å². The lowest BCUT2D eigenvalue weighted by molar-refractivity contribution is 0.157. The van der Waals surface area contributed by atoms with Crippen LogP contribution in [0.25, 0.3) is 0 Å². The molecule has 0 spiro atoms. The van der Waals surface area contributed by atoms with Crippen molar-refractivity contribution in [1.82, 2.24) is 0 Å². The van der Waals surface area contributed by atoms with Crippen molar-refractivity contribution < 1.29 is 13.9 Å². The molecule has 0 atom stereocenters. The molecule has 1 rings (SSSR count). The van der Waals surface area contributed by atoms with E-state index in [1.165, 1.54) is 12.1 Å². The largest absolute Gasteiger partial charge is 0.396 e. The second-order valence-corrected chi connectivity index (χ2v) is 5.18. The number of hydrogen-bond donors (Lipinski definition) is 1. The Morgan fingerprint density at radius 1 is 1.33 bits per heavy atom. The Kier molecular flexibility index (Phi) is 3.84. The fourth-order valence-corrected chi connectivity index (χ4v) is 1.64. The van der Waals surface area contributed by atoms with Gasteiger partial charge in [-0.2, -0.15) is 0 Å². The molecule has 0 heterocycles. The summed E-state index contributed by atoms with van der Waals surface area (Å²) in [5.41, 5.74) is -0.508. The molecule has 0 aromatic heterocycles. The Bertz CT molecular complexity index is 364. The van der Waals surface area contributed by atoms with Crippen LogP contribution in [0.1, 0.15) is 19.4 Å². The molecule has 0 aliphatic carbocycles. The maximum Gasteiger partial charge on any atom is 0.143 e. The van der Waals surface area contributed by atoms with E-state index in [1.807, 2.05) is 0 Å². The summed E-state index contributed by atoms with van der Waals surface area (Å²) in [7, 11) is 0. The summed E-state index contributed by atoms with van der Waals surface area (Å²) in [6.07, 6.45) is 0.167. The van der Waals surface area contributed by atoms with Gasteiger partial charge in [-0.3, -0.25) is 0 Å². The molecular weight excluding hydrogens is 266 g/mol. The number of aliphatic hydroxyl groups is 1. The van der Waals surface area contributed by atoms with Gasteiger partial charge in [0, 0.05) is 12.2 Å². The highest BCUT2D eigenvalue weighted by molar-refractivity contribution is 9.10. The Hall–Kier alpha value is -0.480. The molecule has 84 valence electrons. The lowest BCUT2D eigenvalue weighted by atomic mass is 9.86. The summed E-state index contributed by atoms with van der Waals surface area (Å²) in [5.74, 6) is -1.16. The molecule has 0 saturated heterocycles. The monoisotopic (exact) mass is 278 g/mol. The van der Waals surface area contributed by atoms with Gasteiger partial charge in [-0.15, -0.1) is 0 Å². The SMILES string of the molecule is CC(C)(CO)Cc1c(F)ccc(Br)c1F. The predicted molar refractivity (Wildman–Crippen MR) is 58.6 cm³/mol. The van der Waals surface area contributed by atoms with Gasteiger partial charge in [-0.25, -0.2) is 8.78 Å². The zero-order valence-electron chi connectivity index (χ0n) is 8.65. The highest BCUT2D eigenvalue weighted by Gasteiger charge is 2.22. The molecule has 0 amide bonds. The second-order valence-electron chi connectivity index (χ2n) is 4.32. The van der Waals surface area contributed by atoms with Gasteiger partial charge in [0.05, 0.1) is 4.47 Å². The van der Waals surface area contributed by atoms with Gasteiger partial charge in [-0.1, -0.05) is 13.8 Å². The van der Waals surface area contributed by atoms with E-state index in [0.29, 0.717) is 0 Å². The summed E-state index contributed by atoms with van der Waals surface area (Å²) >= 11 is 3.01. The summed E-state index contributed by atoms with van der Waals surface area (Å²) in [6.45, 7) is 3.40. The minimum atomic E-state index is -0.587. The molecule has 15 heavy (non-hydrogen) atoms. The maximum absolute atomic E-state index is 13.6. The average molecular weight is 279 g/mol. The van der Waals surface area contributed by atoms with Crippen LogP contribution in [0.5, 0.6) is 0 Å². The number of benzene rings is 1. The molecule has 0 bridgehead atoms. The van der Waals surface area contributed by atoms with Crippen LogP contribution >= 0.6 is 15.9 Å². The molecule has 4 heteroatoms. The fourth-order valence-electron chi connectivity index (χ4n) is 1.27. The van der Waals surface area contributed by atoms with Crippen LogP contribution in [-0.4, -0.2) is 11.7 Å². The molecule has 0 unspecified atom stereocenters. The van der Waals surface area contributed by atoms with Crippen molar-refractivity contribution >= 4 is 15.9 Å². The van der Waals surface area contributed by atoms with Gasteiger partial charge < -0.3 is 5.11 Å². The Labute approximate surface area is 96.2 Å². The van der Waals surface area contributed by atoms with Crippen LogP contribution in [0.15, 0.2) is 16.6 Å². The Morgan fingerprint density at radius 3 is 2.47 bits per heavy atom. The molecule has 0 aliphatic heterocycles. The number of aliphatic hydroxyl groups excluding tert-OH is 1. The highest BCUT2D eigenvalue weighted by atomic mass is 79.9. The van der Waals surface area contributed by atoms with Gasteiger partial charge in [0.25, 0.3) is 0 Å². The minimum absolute atomic E-state index is 0.0171. The first-order valence-corrected chi connectivity index (χ1v) is 5.40. The van der Waals surface area contributed by atoms with Crippen LogP contribution < -0.4 is 0 Å². The van der Waals surface area contributed by atoms with E-state index in [2.05, 4.69) is 15.9 Å². The van der Waals surface area contributed by atoms with E-state index in [4.69, 9.17) is 5.11 Å². The third-order valence-electron chi connectivity index (χ3n) is 2.22. The van der Waals surface area contributed by atoms with Crippen LogP contribution in [0.4, 0.5) is 8.78 Å². The van der Waals surface area contributed by atoms with Crippen molar-refractivity contribution in [2.75, 3.05) is 6.61 Å². The van der Waals surface area contributed by atoms with Crippen LogP contribution in [0, 0.1) is 17.0 Å². The summed E-state index contributed by atoms with van der Waals surface area (Å²) in [4.78, 5) is 0. The van der Waals surface area contributed by atoms with Gasteiger partial charge >= 0.3 is 0 Å². The molecule has 1 N–H and O–H groups in total. The van der Waals surface area contributed by atoms with Gasteiger partial charge in [0.2, 0.25) is 0 Å². The molecule has 0 aliphatic rings. The summed E-state index contributed by atoms with van der Waals surface area (Å²) < 4.78 is 27.2. The van der Waals surface area contributed by atoms with Crippen molar-refractivity contribution in [2.24, 2.45) is 5.41 Å². The minimum Gasteiger partial charge on any atom is -0.396 e. The van der Waals surface area contributed by atoms with Crippen LogP contribution in [0.2, 0.25) is 0 Å². The van der Waals surface area contributed by atoms with Crippen molar-refractivity contribution in [2.45, 2.75) is 20.3 Å². The van der Waals surface area contributed by atoms with E-state index < -0.39 is 17.0 Å². The van der Waals surface area contributed by atoms with Crippen molar-refractivity contribution in [3.63, 3.8) is 0 Å². The molecule has 0 saturated carbocycles. The number of rotatable bonds is 3. The van der Waals surface area contributed by atoms with E-state index in [9.17, 15) is 8.78 Å². The van der Waals surface area contributed by atoms with E-state index in [1.54, 1.807) is 13.8 Å². The quantitative estimate of drug-likeness (QED) is 0.842. The first-order valence-electron chi connectivity index (χ1n) is 4.60. The summed E-state index contributed by atoms with van der Waals surface area (Å²) in [6, 6.07) is 2.55. The maximum atomic E-state index is 13.6. The molecule has 0 radical (unpaired) electrons. The third kappa shape index (κ3) is 2.98. The zero-order chi connectivity index (χ0) is 11.6. The van der Waals surface area contributed by atoms with E-state index in [-0.39, 0.29) is 23.1 Å². The van der Waals surface area contributed by atoms with Gasteiger partial charge in [0.1, 0.15) is 11.6 Å². The van der Waals surface area contributed by atoms with Crippen molar-refractivity contribution in [3.8, 4) is 0 Å². The van der Waals surface area contributed by atoms with Crippen molar-refractivity contribution in [1.29, 1.82) is 0 Å². The Balaban J connectivity index is 3.09. The molecule has 1 nitrogen and oxygen atoms in total.